The van der Waals surface area contributed by atoms with Crippen molar-refractivity contribution < 1.29 is 4.52 Å². The van der Waals surface area contributed by atoms with E-state index in [0.717, 1.165) is 48.5 Å². The summed E-state index contributed by atoms with van der Waals surface area (Å²) in [6.45, 7) is 7.38. The van der Waals surface area contributed by atoms with Gasteiger partial charge in [0.25, 0.3) is 0 Å². The minimum Gasteiger partial charge on any atom is -0.338 e. The summed E-state index contributed by atoms with van der Waals surface area (Å²) in [6, 6.07) is 10.3. The highest BCUT2D eigenvalue weighted by Gasteiger charge is 2.19. The number of nitrogens with zero attached hydrogens (tertiary/aromatic N) is 6. The number of aromatic nitrogens is 5. The van der Waals surface area contributed by atoms with E-state index in [2.05, 4.69) is 55.8 Å². The molecule has 1 aliphatic heterocycles. The first kappa shape index (κ1) is 20.1. The smallest absolute Gasteiger partial charge is 0.237 e. The van der Waals surface area contributed by atoms with Gasteiger partial charge in [-0.1, -0.05) is 55.4 Å². The zero-order chi connectivity index (χ0) is 20.1. The molecule has 1 aliphatic rings. The van der Waals surface area contributed by atoms with Crippen molar-refractivity contribution in [3.8, 4) is 5.69 Å². The number of rotatable bonds is 8. The molecule has 0 amide bonds. The molecule has 3 aromatic rings. The van der Waals surface area contributed by atoms with E-state index in [4.69, 9.17) is 4.52 Å². The second kappa shape index (κ2) is 9.54. The third kappa shape index (κ3) is 5.25. The van der Waals surface area contributed by atoms with E-state index < -0.39 is 0 Å². The van der Waals surface area contributed by atoms with Crippen LogP contribution in [0.1, 0.15) is 50.6 Å². The summed E-state index contributed by atoms with van der Waals surface area (Å²) in [6.07, 6.45) is 4.67. The van der Waals surface area contributed by atoms with Gasteiger partial charge in [0.05, 0.1) is 12.3 Å². The van der Waals surface area contributed by atoms with Crippen LogP contribution in [0.25, 0.3) is 5.69 Å². The Morgan fingerprint density at radius 1 is 1.07 bits per heavy atom. The third-order valence-corrected chi connectivity index (χ3v) is 5.87. The minimum absolute atomic E-state index is 0.506. The van der Waals surface area contributed by atoms with Crippen molar-refractivity contribution in [2.75, 3.05) is 13.1 Å². The highest BCUT2D eigenvalue weighted by atomic mass is 32.2. The second-order valence-corrected chi connectivity index (χ2v) is 8.84. The summed E-state index contributed by atoms with van der Waals surface area (Å²) in [5.74, 6) is 3.47. The van der Waals surface area contributed by atoms with Crippen molar-refractivity contribution in [1.29, 1.82) is 0 Å². The van der Waals surface area contributed by atoms with Crippen LogP contribution in [0.2, 0.25) is 0 Å². The molecule has 1 fully saturated rings. The van der Waals surface area contributed by atoms with Crippen LogP contribution >= 0.6 is 11.8 Å². The highest BCUT2D eigenvalue weighted by Crippen LogP contribution is 2.26. The number of benzene rings is 1. The molecule has 0 spiro atoms. The maximum atomic E-state index is 5.41. The van der Waals surface area contributed by atoms with E-state index in [1.807, 2.05) is 18.2 Å². The van der Waals surface area contributed by atoms with Crippen LogP contribution in [-0.4, -0.2) is 42.9 Å². The van der Waals surface area contributed by atoms with Gasteiger partial charge < -0.3 is 4.52 Å². The molecule has 0 atom stereocenters. The molecule has 7 nitrogen and oxygen atoms in total. The molecule has 3 heterocycles. The van der Waals surface area contributed by atoms with E-state index in [-0.39, 0.29) is 0 Å². The Morgan fingerprint density at radius 2 is 1.86 bits per heavy atom. The van der Waals surface area contributed by atoms with Gasteiger partial charge >= 0.3 is 0 Å². The Labute approximate surface area is 175 Å². The predicted molar refractivity (Wildman–Crippen MR) is 113 cm³/mol. The molecular weight excluding hydrogens is 384 g/mol. The Kier molecular flexibility index (Phi) is 6.61. The highest BCUT2D eigenvalue weighted by molar-refractivity contribution is 7.98. The van der Waals surface area contributed by atoms with Crippen molar-refractivity contribution in [2.24, 2.45) is 5.92 Å². The third-order valence-electron chi connectivity index (χ3n) is 4.95. The lowest BCUT2D eigenvalue weighted by Crippen LogP contribution is -2.30. The normalized spacial score (nSPS) is 15.3. The molecule has 29 heavy (non-hydrogen) atoms. The summed E-state index contributed by atoms with van der Waals surface area (Å²) in [4.78, 5) is 6.97. The molecule has 1 saturated heterocycles. The molecule has 0 aliphatic carbocycles. The summed E-state index contributed by atoms with van der Waals surface area (Å²) >= 11 is 1.58. The maximum absolute atomic E-state index is 5.41. The van der Waals surface area contributed by atoms with Gasteiger partial charge in [-0.15, -0.1) is 10.2 Å². The van der Waals surface area contributed by atoms with Gasteiger partial charge in [0, 0.05) is 12.1 Å². The van der Waals surface area contributed by atoms with E-state index in [1.54, 1.807) is 11.8 Å². The van der Waals surface area contributed by atoms with Crippen LogP contribution in [0.3, 0.4) is 0 Å². The number of para-hydroxylation sites is 1. The average molecular weight is 413 g/mol. The molecule has 0 N–H and O–H groups in total. The molecule has 154 valence electrons. The van der Waals surface area contributed by atoms with Crippen LogP contribution in [0.5, 0.6) is 0 Å². The SMILES string of the molecule is CC(C)Cc1noc(CSc2nnc(CN3CCCCC3)n2-c2ccccc2)n1. The van der Waals surface area contributed by atoms with Crippen LogP contribution in [0.4, 0.5) is 0 Å². The predicted octanol–water partition coefficient (Wildman–Crippen LogP) is 4.13. The van der Waals surface area contributed by atoms with Gasteiger partial charge in [-0.25, -0.2) is 0 Å². The monoisotopic (exact) mass is 412 g/mol. The van der Waals surface area contributed by atoms with Gasteiger partial charge in [0.2, 0.25) is 5.89 Å². The summed E-state index contributed by atoms with van der Waals surface area (Å²) in [5, 5.41) is 14.0. The quantitative estimate of drug-likeness (QED) is 0.515. The van der Waals surface area contributed by atoms with Gasteiger partial charge in [0.15, 0.2) is 16.8 Å². The van der Waals surface area contributed by atoms with Crippen LogP contribution in [0, 0.1) is 5.92 Å². The van der Waals surface area contributed by atoms with Crippen molar-refractivity contribution in [3.63, 3.8) is 0 Å². The van der Waals surface area contributed by atoms with Crippen LogP contribution in [-0.2, 0) is 18.7 Å². The first-order valence-corrected chi connectivity index (χ1v) is 11.3. The van der Waals surface area contributed by atoms with Crippen LogP contribution < -0.4 is 0 Å². The molecule has 0 bridgehead atoms. The lowest BCUT2D eigenvalue weighted by atomic mass is 10.1. The summed E-state index contributed by atoms with van der Waals surface area (Å²) in [7, 11) is 0. The Bertz CT molecular complexity index is 901. The number of piperidine rings is 1. The van der Waals surface area contributed by atoms with Crippen molar-refractivity contribution >= 4 is 11.8 Å². The first-order valence-electron chi connectivity index (χ1n) is 10.4. The topological polar surface area (TPSA) is 72.9 Å². The molecule has 0 unspecified atom stereocenters. The van der Waals surface area contributed by atoms with Crippen molar-refractivity contribution in [1.82, 2.24) is 29.8 Å². The lowest BCUT2D eigenvalue weighted by molar-refractivity contribution is 0.214. The fourth-order valence-electron chi connectivity index (χ4n) is 3.57. The molecule has 4 rings (SSSR count). The average Bonchev–Trinajstić information content (AvgIpc) is 3.34. The number of hydrogen-bond acceptors (Lipinski definition) is 7. The van der Waals surface area contributed by atoms with Crippen molar-refractivity contribution in [2.45, 2.75) is 57.0 Å². The minimum atomic E-state index is 0.506. The fourth-order valence-corrected chi connectivity index (χ4v) is 4.38. The molecule has 8 heteroatoms. The zero-order valence-electron chi connectivity index (χ0n) is 17.1. The van der Waals surface area contributed by atoms with Gasteiger partial charge in [-0.05, 0) is 44.0 Å². The van der Waals surface area contributed by atoms with E-state index in [1.165, 1.54) is 19.3 Å². The number of hydrogen-bond donors (Lipinski definition) is 0. The number of thioether (sulfide) groups is 1. The van der Waals surface area contributed by atoms with E-state index in [9.17, 15) is 0 Å². The largest absolute Gasteiger partial charge is 0.338 e. The Morgan fingerprint density at radius 3 is 2.62 bits per heavy atom. The van der Waals surface area contributed by atoms with Gasteiger partial charge in [-0.3, -0.25) is 9.47 Å². The Balaban J connectivity index is 1.52. The van der Waals surface area contributed by atoms with E-state index >= 15 is 0 Å². The van der Waals surface area contributed by atoms with Gasteiger partial charge in [0.1, 0.15) is 0 Å². The lowest BCUT2D eigenvalue weighted by Gasteiger charge is -2.26. The molecule has 1 aromatic carbocycles. The molecular formula is C21H28N6OS. The fraction of sp³-hybridized carbons (Fsp3) is 0.524. The molecule has 0 saturated carbocycles. The van der Waals surface area contributed by atoms with Gasteiger partial charge in [-0.2, -0.15) is 4.98 Å². The molecule has 2 aromatic heterocycles. The summed E-state index contributed by atoms with van der Waals surface area (Å²) in [5.41, 5.74) is 1.08. The summed E-state index contributed by atoms with van der Waals surface area (Å²) < 4.78 is 7.57. The Hall–Kier alpha value is -2.19. The van der Waals surface area contributed by atoms with E-state index in [0.29, 0.717) is 17.6 Å². The van der Waals surface area contributed by atoms with Crippen LogP contribution in [0.15, 0.2) is 40.0 Å². The number of likely N-dealkylation sites (tertiary alicyclic amines) is 1. The van der Waals surface area contributed by atoms with Crippen molar-refractivity contribution in [3.05, 3.63) is 47.9 Å². The maximum Gasteiger partial charge on any atom is 0.237 e. The zero-order valence-corrected chi connectivity index (χ0v) is 17.9. The second-order valence-electron chi connectivity index (χ2n) is 7.90. The first-order chi connectivity index (χ1) is 14.2. The molecule has 0 radical (unpaired) electrons. The standard InChI is InChI=1S/C21H28N6OS/c1-16(2)13-18-22-20(28-25-18)15-29-21-24-23-19(14-26-11-7-4-8-12-26)27(21)17-9-5-3-6-10-17/h3,5-6,9-10,16H,4,7-8,11-15H2,1-2H3.